The van der Waals surface area contributed by atoms with E-state index in [4.69, 9.17) is 5.11 Å². The first-order valence-corrected chi connectivity index (χ1v) is 4.24. The largest absolute Gasteiger partial charge is 0.478 e. The summed E-state index contributed by atoms with van der Waals surface area (Å²) in [6.45, 7) is 0. The van der Waals surface area contributed by atoms with E-state index in [-0.39, 0.29) is 0 Å². The molecule has 0 spiro atoms. The van der Waals surface area contributed by atoms with Gasteiger partial charge >= 0.3 is 5.97 Å². The molecule has 0 fully saturated rings. The Labute approximate surface area is 80.7 Å². The summed E-state index contributed by atoms with van der Waals surface area (Å²) in [4.78, 5) is 13.4. The summed E-state index contributed by atoms with van der Waals surface area (Å²) in [5.41, 5.74) is 1.81. The topological polar surface area (TPSA) is 53.1 Å². The fraction of sp³-hybridized carbons (Fsp3) is 0. The van der Waals surface area contributed by atoms with E-state index in [1.165, 1.54) is 0 Å². The molecule has 0 unspecified atom stereocenters. The fourth-order valence-electron chi connectivity index (χ4n) is 1.35. The van der Waals surface area contributed by atoms with Gasteiger partial charge in [-0.25, -0.2) is 4.79 Å². The van der Waals surface area contributed by atoms with E-state index < -0.39 is 5.97 Å². The number of H-pyrrole nitrogens is 1. The van der Waals surface area contributed by atoms with Gasteiger partial charge in [0.1, 0.15) is 0 Å². The highest BCUT2D eigenvalue weighted by Crippen LogP contribution is 2.15. The highest BCUT2D eigenvalue weighted by molar-refractivity contribution is 5.87. The highest BCUT2D eigenvalue weighted by Gasteiger charge is 1.96. The molecule has 14 heavy (non-hydrogen) atoms. The van der Waals surface area contributed by atoms with Crippen LogP contribution in [0.4, 0.5) is 0 Å². The van der Waals surface area contributed by atoms with Gasteiger partial charge in [0.2, 0.25) is 0 Å². The molecule has 0 radical (unpaired) electrons. The summed E-state index contributed by atoms with van der Waals surface area (Å²) in [5.74, 6) is -0.941. The number of aliphatic carboxylic acids is 1. The smallest absolute Gasteiger partial charge is 0.328 e. The lowest BCUT2D eigenvalue weighted by Crippen LogP contribution is -1.85. The monoisotopic (exact) mass is 187 g/mol. The molecule has 2 rings (SSSR count). The van der Waals surface area contributed by atoms with Gasteiger partial charge < -0.3 is 10.1 Å². The van der Waals surface area contributed by atoms with E-state index in [1.54, 1.807) is 6.08 Å². The molecule has 0 aliphatic rings. The molecule has 0 aliphatic heterocycles. The van der Waals surface area contributed by atoms with Crippen molar-refractivity contribution in [3.05, 3.63) is 42.1 Å². The van der Waals surface area contributed by atoms with Crippen molar-refractivity contribution in [3.8, 4) is 0 Å². The molecule has 3 nitrogen and oxygen atoms in total. The molecule has 70 valence electrons. The van der Waals surface area contributed by atoms with Crippen LogP contribution in [0.5, 0.6) is 0 Å². The molecular weight excluding hydrogens is 178 g/mol. The minimum Gasteiger partial charge on any atom is -0.478 e. The van der Waals surface area contributed by atoms with Crippen molar-refractivity contribution in [2.75, 3.05) is 0 Å². The second kappa shape index (κ2) is 3.38. The van der Waals surface area contributed by atoms with Crippen LogP contribution in [-0.4, -0.2) is 16.1 Å². The van der Waals surface area contributed by atoms with Gasteiger partial charge in [0, 0.05) is 17.3 Å². The molecule has 0 bridgehead atoms. The third-order valence-corrected chi connectivity index (χ3v) is 1.96. The SMILES string of the molecule is O=C(O)C=Cc1cc2ccccc2[nH]1. The third-order valence-electron chi connectivity index (χ3n) is 1.96. The molecule has 1 heterocycles. The zero-order valence-electron chi connectivity index (χ0n) is 7.40. The molecule has 0 aliphatic carbocycles. The van der Waals surface area contributed by atoms with Crippen molar-refractivity contribution in [1.29, 1.82) is 0 Å². The number of benzene rings is 1. The number of hydrogen-bond acceptors (Lipinski definition) is 1. The lowest BCUT2D eigenvalue weighted by molar-refractivity contribution is -0.131. The van der Waals surface area contributed by atoms with Gasteiger partial charge in [-0.1, -0.05) is 18.2 Å². The van der Waals surface area contributed by atoms with Crippen LogP contribution in [0.3, 0.4) is 0 Å². The zero-order chi connectivity index (χ0) is 9.97. The summed E-state index contributed by atoms with van der Waals surface area (Å²) in [6.07, 6.45) is 2.66. The Morgan fingerprint density at radius 1 is 1.36 bits per heavy atom. The number of aromatic nitrogens is 1. The predicted octanol–water partition coefficient (Wildman–Crippen LogP) is 2.27. The zero-order valence-corrected chi connectivity index (χ0v) is 7.40. The Hall–Kier alpha value is -2.03. The van der Waals surface area contributed by atoms with Crippen LogP contribution in [0, 0.1) is 0 Å². The molecule has 0 saturated heterocycles. The van der Waals surface area contributed by atoms with Gasteiger partial charge in [-0.05, 0) is 23.6 Å². The Bertz CT molecular complexity index is 464. The normalized spacial score (nSPS) is 11.1. The average Bonchev–Trinajstić information content (AvgIpc) is 2.57. The lowest BCUT2D eigenvalue weighted by atomic mass is 10.2. The van der Waals surface area contributed by atoms with Crippen LogP contribution in [0.25, 0.3) is 17.0 Å². The number of aromatic amines is 1. The number of rotatable bonds is 2. The standard InChI is InChI=1S/C11H9NO2/c13-11(14)6-5-9-7-8-3-1-2-4-10(8)12-9/h1-7,12H,(H,13,14). The Kier molecular flexibility index (Phi) is 2.07. The van der Waals surface area contributed by atoms with Crippen molar-refractivity contribution in [1.82, 2.24) is 4.98 Å². The molecule has 1 aromatic heterocycles. The number of para-hydroxylation sites is 1. The Balaban J connectivity index is 2.40. The minimum absolute atomic E-state index is 0.800. The first kappa shape index (κ1) is 8.56. The minimum atomic E-state index is -0.941. The lowest BCUT2D eigenvalue weighted by Gasteiger charge is -1.84. The van der Waals surface area contributed by atoms with Gasteiger partial charge in [-0.15, -0.1) is 0 Å². The second-order valence-corrected chi connectivity index (χ2v) is 2.98. The molecular formula is C11H9NO2. The molecule has 2 N–H and O–H groups in total. The Morgan fingerprint density at radius 2 is 2.14 bits per heavy atom. The van der Waals surface area contributed by atoms with E-state index in [2.05, 4.69) is 4.98 Å². The van der Waals surface area contributed by atoms with Crippen molar-refractivity contribution >= 4 is 22.9 Å². The molecule has 0 saturated carbocycles. The molecule has 1 aromatic carbocycles. The van der Waals surface area contributed by atoms with E-state index in [0.717, 1.165) is 22.7 Å². The van der Waals surface area contributed by atoms with Crippen LogP contribution in [0.2, 0.25) is 0 Å². The first-order chi connectivity index (χ1) is 6.75. The molecule has 3 heteroatoms. The van der Waals surface area contributed by atoms with Crippen LogP contribution in [0.15, 0.2) is 36.4 Å². The highest BCUT2D eigenvalue weighted by atomic mass is 16.4. The van der Waals surface area contributed by atoms with E-state index in [0.29, 0.717) is 0 Å². The molecule has 2 aromatic rings. The van der Waals surface area contributed by atoms with Crippen molar-refractivity contribution in [2.24, 2.45) is 0 Å². The summed E-state index contributed by atoms with van der Waals surface area (Å²) >= 11 is 0. The van der Waals surface area contributed by atoms with Crippen molar-refractivity contribution < 1.29 is 9.90 Å². The summed E-state index contributed by atoms with van der Waals surface area (Å²) < 4.78 is 0. The summed E-state index contributed by atoms with van der Waals surface area (Å²) in [5, 5.41) is 9.53. The van der Waals surface area contributed by atoms with E-state index >= 15 is 0 Å². The maximum absolute atomic E-state index is 10.3. The van der Waals surface area contributed by atoms with Crippen LogP contribution >= 0.6 is 0 Å². The maximum Gasteiger partial charge on any atom is 0.328 e. The van der Waals surface area contributed by atoms with Crippen LogP contribution in [-0.2, 0) is 4.79 Å². The quantitative estimate of drug-likeness (QED) is 0.708. The molecule has 0 amide bonds. The number of nitrogens with one attached hydrogen (secondary N) is 1. The van der Waals surface area contributed by atoms with Crippen molar-refractivity contribution in [3.63, 3.8) is 0 Å². The Morgan fingerprint density at radius 3 is 2.86 bits per heavy atom. The number of carboxylic acid groups (broad SMARTS) is 1. The fourth-order valence-corrected chi connectivity index (χ4v) is 1.35. The predicted molar refractivity (Wildman–Crippen MR) is 55.0 cm³/mol. The van der Waals surface area contributed by atoms with Gasteiger partial charge in [0.05, 0.1) is 0 Å². The van der Waals surface area contributed by atoms with E-state index in [1.807, 2.05) is 30.3 Å². The van der Waals surface area contributed by atoms with Gasteiger partial charge in [0.15, 0.2) is 0 Å². The van der Waals surface area contributed by atoms with E-state index in [9.17, 15) is 4.79 Å². The maximum atomic E-state index is 10.3. The second-order valence-electron chi connectivity index (χ2n) is 2.98. The first-order valence-electron chi connectivity index (χ1n) is 4.24. The van der Waals surface area contributed by atoms with Gasteiger partial charge in [-0.3, -0.25) is 0 Å². The van der Waals surface area contributed by atoms with Crippen LogP contribution < -0.4 is 0 Å². The number of hydrogen-bond donors (Lipinski definition) is 2. The van der Waals surface area contributed by atoms with Crippen molar-refractivity contribution in [2.45, 2.75) is 0 Å². The average molecular weight is 187 g/mol. The number of carboxylic acids is 1. The summed E-state index contributed by atoms with van der Waals surface area (Å²) in [7, 11) is 0. The third kappa shape index (κ3) is 1.66. The van der Waals surface area contributed by atoms with Gasteiger partial charge in [-0.2, -0.15) is 0 Å². The number of carbonyl (C=O) groups is 1. The van der Waals surface area contributed by atoms with Gasteiger partial charge in [0.25, 0.3) is 0 Å². The summed E-state index contributed by atoms with van der Waals surface area (Å²) in [6, 6.07) is 9.72. The van der Waals surface area contributed by atoms with Crippen LogP contribution in [0.1, 0.15) is 5.69 Å². The molecule has 0 atom stereocenters. The number of fused-ring (bicyclic) bond motifs is 1.